The number of nitrogens with zero attached hydrogens (tertiary/aromatic N) is 2. The summed E-state index contributed by atoms with van der Waals surface area (Å²) in [5.74, 6) is -0.917. The first-order valence-electron chi connectivity index (χ1n) is 11.9. The second kappa shape index (κ2) is 11.6. The van der Waals surface area contributed by atoms with E-state index in [4.69, 9.17) is 23.2 Å². The molecular formula is C27H37Cl2N3O4S. The lowest BCUT2D eigenvalue weighted by Crippen LogP contribution is -2.54. The van der Waals surface area contributed by atoms with E-state index in [0.717, 1.165) is 16.1 Å². The molecule has 0 spiro atoms. The van der Waals surface area contributed by atoms with E-state index in [1.807, 2.05) is 32.9 Å². The van der Waals surface area contributed by atoms with Gasteiger partial charge < -0.3 is 10.2 Å². The van der Waals surface area contributed by atoms with Crippen LogP contribution in [-0.4, -0.2) is 49.5 Å². The Morgan fingerprint density at radius 2 is 1.54 bits per heavy atom. The summed E-state index contributed by atoms with van der Waals surface area (Å²) >= 11 is 12.4. The van der Waals surface area contributed by atoms with Crippen molar-refractivity contribution in [2.24, 2.45) is 0 Å². The van der Waals surface area contributed by atoms with Crippen LogP contribution in [0.25, 0.3) is 0 Å². The zero-order valence-electron chi connectivity index (χ0n) is 22.7. The summed E-state index contributed by atoms with van der Waals surface area (Å²) in [7, 11) is -3.81. The average Bonchev–Trinajstić information content (AvgIpc) is 2.74. The molecule has 2 amide bonds. The van der Waals surface area contributed by atoms with Crippen LogP contribution in [0.15, 0.2) is 42.5 Å². The topological polar surface area (TPSA) is 86.8 Å². The van der Waals surface area contributed by atoms with Crippen LogP contribution >= 0.6 is 23.2 Å². The van der Waals surface area contributed by atoms with E-state index in [1.54, 1.807) is 37.3 Å². The van der Waals surface area contributed by atoms with E-state index in [-0.39, 0.29) is 17.9 Å². The summed E-state index contributed by atoms with van der Waals surface area (Å²) in [6.07, 6.45) is 1.05. The second-order valence-electron chi connectivity index (χ2n) is 11.2. The summed E-state index contributed by atoms with van der Waals surface area (Å²) in [5.41, 5.74) is 1.33. The Labute approximate surface area is 231 Å². The Kier molecular flexibility index (Phi) is 9.72. The van der Waals surface area contributed by atoms with Crippen LogP contribution < -0.4 is 9.62 Å². The van der Waals surface area contributed by atoms with Crippen molar-refractivity contribution in [2.75, 3.05) is 17.1 Å². The van der Waals surface area contributed by atoms with Crippen LogP contribution in [0.5, 0.6) is 0 Å². The standard InChI is InChI=1S/C27H37Cl2N3O4S/c1-18(25(34)30-27(5,6)7)31(16-19-9-12-21(28)15-23(19)29)24(33)17-32(37(8,35)36)22-13-10-20(11-14-22)26(2,3)4/h9-15,18H,16-17H2,1-8H3,(H,30,34). The molecule has 0 aliphatic rings. The first-order valence-corrected chi connectivity index (χ1v) is 14.5. The smallest absolute Gasteiger partial charge is 0.244 e. The summed E-state index contributed by atoms with van der Waals surface area (Å²) in [5, 5.41) is 3.66. The van der Waals surface area contributed by atoms with Gasteiger partial charge in [0.1, 0.15) is 12.6 Å². The molecule has 2 rings (SSSR count). The molecule has 0 saturated heterocycles. The first-order chi connectivity index (χ1) is 16.8. The number of carbonyl (C=O) groups is 2. The SMILES string of the molecule is CC(C(=O)NC(C)(C)C)N(Cc1ccc(Cl)cc1Cl)C(=O)CN(c1ccc(C(C)(C)C)cc1)S(C)(=O)=O. The minimum atomic E-state index is -3.81. The molecule has 2 aromatic carbocycles. The normalized spacial score (nSPS) is 13.1. The summed E-state index contributed by atoms with van der Waals surface area (Å²) in [4.78, 5) is 28.0. The van der Waals surface area contributed by atoms with E-state index in [2.05, 4.69) is 26.1 Å². The van der Waals surface area contributed by atoms with Gasteiger partial charge in [0.2, 0.25) is 21.8 Å². The molecule has 0 aromatic heterocycles. The van der Waals surface area contributed by atoms with E-state index in [0.29, 0.717) is 21.3 Å². The van der Waals surface area contributed by atoms with Gasteiger partial charge in [-0.3, -0.25) is 13.9 Å². The summed E-state index contributed by atoms with van der Waals surface area (Å²) in [6.45, 7) is 12.8. The summed E-state index contributed by atoms with van der Waals surface area (Å²) < 4.78 is 26.6. The van der Waals surface area contributed by atoms with Crippen molar-refractivity contribution in [3.63, 3.8) is 0 Å². The van der Waals surface area contributed by atoms with Gasteiger partial charge in [-0.15, -0.1) is 0 Å². The number of carbonyl (C=O) groups excluding carboxylic acids is 2. The molecule has 0 aliphatic carbocycles. The minimum Gasteiger partial charge on any atom is -0.350 e. The molecule has 0 saturated carbocycles. The Bertz CT molecular complexity index is 1230. The van der Waals surface area contributed by atoms with Crippen LogP contribution in [0.4, 0.5) is 5.69 Å². The number of rotatable bonds is 8. The van der Waals surface area contributed by atoms with Crippen LogP contribution in [0.3, 0.4) is 0 Å². The fraction of sp³-hybridized carbons (Fsp3) is 0.481. The van der Waals surface area contributed by atoms with Gasteiger partial charge in [-0.25, -0.2) is 8.42 Å². The molecule has 1 atom stereocenters. The number of halogens is 2. The molecule has 204 valence electrons. The van der Waals surface area contributed by atoms with Crippen LogP contribution in [0, 0.1) is 0 Å². The number of nitrogens with one attached hydrogen (secondary N) is 1. The van der Waals surface area contributed by atoms with E-state index in [1.165, 1.54) is 4.90 Å². The van der Waals surface area contributed by atoms with E-state index >= 15 is 0 Å². The molecule has 0 bridgehead atoms. The van der Waals surface area contributed by atoms with Crippen molar-refractivity contribution >= 4 is 50.7 Å². The molecule has 37 heavy (non-hydrogen) atoms. The van der Waals surface area contributed by atoms with Crippen molar-refractivity contribution < 1.29 is 18.0 Å². The number of benzene rings is 2. The molecule has 2 aromatic rings. The van der Waals surface area contributed by atoms with Gasteiger partial charge in [-0.1, -0.05) is 62.2 Å². The van der Waals surface area contributed by atoms with Crippen molar-refractivity contribution in [3.05, 3.63) is 63.6 Å². The molecule has 0 heterocycles. The van der Waals surface area contributed by atoms with Gasteiger partial charge >= 0.3 is 0 Å². The monoisotopic (exact) mass is 569 g/mol. The number of amides is 2. The molecule has 1 N–H and O–H groups in total. The van der Waals surface area contributed by atoms with Gasteiger partial charge in [0, 0.05) is 22.1 Å². The zero-order chi connectivity index (χ0) is 28.3. The zero-order valence-corrected chi connectivity index (χ0v) is 25.1. The lowest BCUT2D eigenvalue weighted by Gasteiger charge is -2.33. The highest BCUT2D eigenvalue weighted by molar-refractivity contribution is 7.92. The fourth-order valence-corrected chi connectivity index (χ4v) is 4.95. The van der Waals surface area contributed by atoms with E-state index in [9.17, 15) is 18.0 Å². The van der Waals surface area contributed by atoms with E-state index < -0.39 is 34.1 Å². The molecule has 7 nitrogen and oxygen atoms in total. The molecule has 0 radical (unpaired) electrons. The van der Waals surface area contributed by atoms with Crippen LogP contribution in [0.2, 0.25) is 10.0 Å². The van der Waals surface area contributed by atoms with Gasteiger partial charge in [0.05, 0.1) is 11.9 Å². The predicted molar refractivity (Wildman–Crippen MR) is 152 cm³/mol. The highest BCUT2D eigenvalue weighted by Crippen LogP contribution is 2.27. The summed E-state index contributed by atoms with van der Waals surface area (Å²) in [6, 6.07) is 11.1. The third-order valence-electron chi connectivity index (χ3n) is 5.72. The third kappa shape index (κ3) is 8.90. The fourth-order valence-electron chi connectivity index (χ4n) is 3.63. The average molecular weight is 571 g/mol. The van der Waals surface area contributed by atoms with Crippen LogP contribution in [0.1, 0.15) is 59.6 Å². The largest absolute Gasteiger partial charge is 0.350 e. The highest BCUT2D eigenvalue weighted by atomic mass is 35.5. The Hall–Kier alpha value is -2.29. The Morgan fingerprint density at radius 1 is 0.973 bits per heavy atom. The molecule has 0 fully saturated rings. The quantitative estimate of drug-likeness (QED) is 0.461. The maximum absolute atomic E-state index is 13.7. The second-order valence-corrected chi connectivity index (χ2v) is 14.0. The molecule has 1 unspecified atom stereocenters. The van der Waals surface area contributed by atoms with Gasteiger partial charge in [-0.2, -0.15) is 0 Å². The number of sulfonamides is 1. The number of hydrogen-bond acceptors (Lipinski definition) is 4. The number of anilines is 1. The maximum atomic E-state index is 13.7. The van der Waals surface area contributed by atoms with Gasteiger partial charge in [-0.05, 0) is 68.5 Å². The van der Waals surface area contributed by atoms with Gasteiger partial charge in [0.15, 0.2) is 0 Å². The highest BCUT2D eigenvalue weighted by Gasteiger charge is 2.32. The Balaban J connectivity index is 2.45. The van der Waals surface area contributed by atoms with Crippen molar-refractivity contribution in [1.29, 1.82) is 0 Å². The maximum Gasteiger partial charge on any atom is 0.244 e. The predicted octanol–water partition coefficient (Wildman–Crippen LogP) is 5.39. The lowest BCUT2D eigenvalue weighted by atomic mass is 9.87. The number of hydrogen-bond donors (Lipinski definition) is 1. The molecular weight excluding hydrogens is 533 g/mol. The third-order valence-corrected chi connectivity index (χ3v) is 7.45. The molecule has 10 heteroatoms. The van der Waals surface area contributed by atoms with Crippen molar-refractivity contribution in [1.82, 2.24) is 10.2 Å². The van der Waals surface area contributed by atoms with Crippen LogP contribution in [-0.2, 0) is 31.6 Å². The molecule has 0 aliphatic heterocycles. The van der Waals surface area contributed by atoms with Crippen molar-refractivity contribution in [3.8, 4) is 0 Å². The van der Waals surface area contributed by atoms with Gasteiger partial charge in [0.25, 0.3) is 0 Å². The minimum absolute atomic E-state index is 0.00582. The van der Waals surface area contributed by atoms with Crippen molar-refractivity contribution in [2.45, 2.75) is 72.0 Å². The lowest BCUT2D eigenvalue weighted by molar-refractivity contribution is -0.140. The first kappa shape index (κ1) is 30.9. The Morgan fingerprint density at radius 3 is 2.00 bits per heavy atom.